The maximum Gasteiger partial charge on any atom is 0.326 e. The highest BCUT2D eigenvalue weighted by molar-refractivity contribution is 5.83. The predicted octanol–water partition coefficient (Wildman–Crippen LogP) is 3.98. The van der Waals surface area contributed by atoms with E-state index in [0.717, 1.165) is 42.3 Å². The molecule has 0 saturated carbocycles. The van der Waals surface area contributed by atoms with Crippen molar-refractivity contribution in [3.8, 4) is 5.75 Å². The van der Waals surface area contributed by atoms with Gasteiger partial charge in [-0.05, 0) is 74.4 Å². The van der Waals surface area contributed by atoms with Crippen molar-refractivity contribution in [2.45, 2.75) is 57.4 Å². The minimum Gasteiger partial charge on any atom is -0.494 e. The van der Waals surface area contributed by atoms with Crippen LogP contribution in [-0.4, -0.2) is 42.7 Å². The van der Waals surface area contributed by atoms with Crippen LogP contribution in [0.2, 0.25) is 0 Å². The number of amides is 1. The van der Waals surface area contributed by atoms with Gasteiger partial charge < -0.3 is 20.5 Å². The average Bonchev–Trinajstić information content (AvgIpc) is 2.84. The topological polar surface area (TPSA) is 87.7 Å². The number of carbonyl (C=O) groups is 2. The van der Waals surface area contributed by atoms with E-state index < -0.39 is 12.0 Å². The van der Waals surface area contributed by atoms with E-state index >= 15 is 0 Å². The largest absolute Gasteiger partial charge is 0.494 e. The zero-order chi connectivity index (χ0) is 23.3. The molecule has 0 aliphatic carbocycles. The van der Waals surface area contributed by atoms with E-state index in [9.17, 15) is 14.7 Å². The maximum absolute atomic E-state index is 12.3. The van der Waals surface area contributed by atoms with E-state index in [4.69, 9.17) is 4.74 Å². The normalized spacial score (nSPS) is 15.0. The highest BCUT2D eigenvalue weighted by Gasteiger charge is 2.20. The van der Waals surface area contributed by atoms with E-state index in [1.807, 2.05) is 54.6 Å². The number of aliphatic carboxylic acids is 1. The molecule has 2 aromatic carbocycles. The summed E-state index contributed by atoms with van der Waals surface area (Å²) in [6.07, 6.45) is 7.16. The number of carboxylic acids is 1. The molecule has 1 amide bonds. The number of nitrogens with one attached hydrogen (secondary N) is 2. The van der Waals surface area contributed by atoms with Crippen molar-refractivity contribution in [3.63, 3.8) is 0 Å². The molecule has 1 fully saturated rings. The molecule has 3 rings (SSSR count). The van der Waals surface area contributed by atoms with Gasteiger partial charge in [-0.3, -0.25) is 4.79 Å². The number of ether oxygens (including phenoxy) is 1. The van der Waals surface area contributed by atoms with Crippen LogP contribution >= 0.6 is 0 Å². The molecule has 1 heterocycles. The second-order valence-corrected chi connectivity index (χ2v) is 8.83. The van der Waals surface area contributed by atoms with Crippen molar-refractivity contribution in [1.82, 2.24) is 10.6 Å². The Morgan fingerprint density at radius 2 is 1.73 bits per heavy atom. The van der Waals surface area contributed by atoms with E-state index in [2.05, 4.69) is 10.6 Å². The fourth-order valence-corrected chi connectivity index (χ4v) is 4.22. The molecule has 0 spiro atoms. The second kappa shape index (κ2) is 13.6. The maximum atomic E-state index is 12.3. The summed E-state index contributed by atoms with van der Waals surface area (Å²) in [5.41, 5.74) is 1.91. The molecule has 0 bridgehead atoms. The van der Waals surface area contributed by atoms with Crippen LogP contribution in [0.15, 0.2) is 54.6 Å². The molecule has 1 saturated heterocycles. The summed E-state index contributed by atoms with van der Waals surface area (Å²) >= 11 is 0. The molecule has 33 heavy (non-hydrogen) atoms. The summed E-state index contributed by atoms with van der Waals surface area (Å²) in [6.45, 7) is 2.99. The lowest BCUT2D eigenvalue weighted by molar-refractivity contribution is -0.141. The summed E-state index contributed by atoms with van der Waals surface area (Å²) in [5.74, 6) is 0.360. The molecular formula is C27H36N2O4. The monoisotopic (exact) mass is 452 g/mol. The van der Waals surface area contributed by atoms with Gasteiger partial charge in [0.25, 0.3) is 0 Å². The summed E-state index contributed by atoms with van der Waals surface area (Å²) in [6, 6.07) is 16.2. The van der Waals surface area contributed by atoms with Gasteiger partial charge in [0.2, 0.25) is 5.91 Å². The Morgan fingerprint density at radius 1 is 1.00 bits per heavy atom. The van der Waals surface area contributed by atoms with Crippen molar-refractivity contribution in [3.05, 3.63) is 65.7 Å². The van der Waals surface area contributed by atoms with E-state index in [1.165, 1.54) is 25.7 Å². The average molecular weight is 453 g/mol. The molecule has 0 unspecified atom stereocenters. The molecule has 1 atom stereocenters. The van der Waals surface area contributed by atoms with Crippen LogP contribution in [0.5, 0.6) is 5.75 Å². The highest BCUT2D eigenvalue weighted by atomic mass is 16.5. The first-order valence-electron chi connectivity index (χ1n) is 12.1. The van der Waals surface area contributed by atoms with Crippen molar-refractivity contribution in [2.24, 2.45) is 5.92 Å². The van der Waals surface area contributed by atoms with Crippen molar-refractivity contribution in [2.75, 3.05) is 19.7 Å². The first-order valence-corrected chi connectivity index (χ1v) is 12.1. The van der Waals surface area contributed by atoms with Crippen molar-refractivity contribution in [1.29, 1.82) is 0 Å². The van der Waals surface area contributed by atoms with Gasteiger partial charge in [-0.1, -0.05) is 48.9 Å². The standard InChI is InChI=1S/C27H36N2O4/c30-26(14-11-21-6-2-1-3-7-21)29-25(27(31)32)20-23-9-12-24(13-10-23)33-19-5-4-8-22-15-17-28-18-16-22/h1-3,6-7,9-10,12-13,22,25,28H,4-5,8,11,14-20H2,(H,29,30)(H,31,32)/t25-/m0/s1. The van der Waals surface area contributed by atoms with Crippen LogP contribution < -0.4 is 15.4 Å². The SMILES string of the molecule is O=C(CCc1ccccc1)N[C@@H](Cc1ccc(OCCCCC2CCNCC2)cc1)C(=O)O. The van der Waals surface area contributed by atoms with Crippen LogP contribution in [-0.2, 0) is 22.4 Å². The summed E-state index contributed by atoms with van der Waals surface area (Å²) in [7, 11) is 0. The van der Waals surface area contributed by atoms with Crippen LogP contribution in [0, 0.1) is 5.92 Å². The Bertz CT molecular complexity index is 848. The lowest BCUT2D eigenvalue weighted by Crippen LogP contribution is -2.42. The van der Waals surface area contributed by atoms with Gasteiger partial charge in [0, 0.05) is 12.8 Å². The zero-order valence-electron chi connectivity index (χ0n) is 19.3. The molecule has 2 aromatic rings. The zero-order valence-corrected chi connectivity index (χ0v) is 19.3. The lowest BCUT2D eigenvalue weighted by Gasteiger charge is -2.22. The molecule has 0 aromatic heterocycles. The Hall–Kier alpha value is -2.86. The summed E-state index contributed by atoms with van der Waals surface area (Å²) in [4.78, 5) is 23.9. The number of hydrogen-bond acceptors (Lipinski definition) is 4. The molecule has 178 valence electrons. The van der Waals surface area contributed by atoms with E-state index in [1.54, 1.807) is 0 Å². The molecule has 6 nitrogen and oxygen atoms in total. The number of benzene rings is 2. The van der Waals surface area contributed by atoms with Crippen LogP contribution in [0.25, 0.3) is 0 Å². The molecule has 0 radical (unpaired) electrons. The Morgan fingerprint density at radius 3 is 2.42 bits per heavy atom. The highest BCUT2D eigenvalue weighted by Crippen LogP contribution is 2.19. The molecule has 6 heteroatoms. The Labute approximate surface area is 196 Å². The Kier molecular flexibility index (Phi) is 10.2. The number of piperidine rings is 1. The third-order valence-electron chi connectivity index (χ3n) is 6.21. The number of rotatable bonds is 13. The van der Waals surface area contributed by atoms with Crippen LogP contribution in [0.3, 0.4) is 0 Å². The first-order chi connectivity index (χ1) is 16.1. The molecule has 3 N–H and O–H groups in total. The van der Waals surface area contributed by atoms with Gasteiger partial charge in [-0.15, -0.1) is 0 Å². The second-order valence-electron chi connectivity index (χ2n) is 8.83. The van der Waals surface area contributed by atoms with Gasteiger partial charge in [-0.25, -0.2) is 4.79 Å². The first kappa shape index (κ1) is 24.8. The van der Waals surface area contributed by atoms with Crippen LogP contribution in [0.4, 0.5) is 0 Å². The molecular weight excluding hydrogens is 416 g/mol. The fraction of sp³-hybridized carbons (Fsp3) is 0.481. The van der Waals surface area contributed by atoms with Gasteiger partial charge in [0.05, 0.1) is 6.61 Å². The van der Waals surface area contributed by atoms with Crippen LogP contribution in [0.1, 0.15) is 49.7 Å². The quantitative estimate of drug-likeness (QED) is 0.400. The van der Waals surface area contributed by atoms with Gasteiger partial charge in [0.1, 0.15) is 11.8 Å². The number of aryl methyl sites for hydroxylation is 1. The molecule has 1 aliphatic heterocycles. The number of carboxylic acid groups (broad SMARTS) is 1. The lowest BCUT2D eigenvalue weighted by atomic mass is 9.93. The number of carbonyl (C=O) groups excluding carboxylic acids is 1. The van der Waals surface area contributed by atoms with Gasteiger partial charge >= 0.3 is 5.97 Å². The van der Waals surface area contributed by atoms with Gasteiger partial charge in [-0.2, -0.15) is 0 Å². The van der Waals surface area contributed by atoms with Crippen molar-refractivity contribution >= 4 is 11.9 Å². The summed E-state index contributed by atoms with van der Waals surface area (Å²) in [5, 5.41) is 15.6. The predicted molar refractivity (Wildman–Crippen MR) is 129 cm³/mol. The smallest absolute Gasteiger partial charge is 0.326 e. The summed E-state index contributed by atoms with van der Waals surface area (Å²) < 4.78 is 5.84. The minimum absolute atomic E-state index is 0.239. The third kappa shape index (κ3) is 9.26. The van der Waals surface area contributed by atoms with E-state index in [0.29, 0.717) is 13.0 Å². The van der Waals surface area contributed by atoms with Crippen molar-refractivity contribution < 1.29 is 19.4 Å². The van der Waals surface area contributed by atoms with E-state index in [-0.39, 0.29) is 18.7 Å². The van der Waals surface area contributed by atoms with Gasteiger partial charge in [0.15, 0.2) is 0 Å². The minimum atomic E-state index is -1.03. The Balaban J connectivity index is 1.37. The number of hydrogen-bond donors (Lipinski definition) is 3. The third-order valence-corrected chi connectivity index (χ3v) is 6.21. The molecule has 1 aliphatic rings. The number of unbranched alkanes of at least 4 members (excludes halogenated alkanes) is 1. The fourth-order valence-electron chi connectivity index (χ4n) is 4.22.